The van der Waals surface area contributed by atoms with E-state index in [9.17, 15) is 19.5 Å². The topological polar surface area (TPSA) is 113 Å². The molecule has 0 bridgehead atoms. The van der Waals surface area contributed by atoms with Crippen molar-refractivity contribution < 1.29 is 23.9 Å². The minimum absolute atomic E-state index is 0.0614. The average molecular weight is 387 g/mol. The number of nitrogens with one attached hydrogen (secondary N) is 1. The van der Waals surface area contributed by atoms with E-state index >= 15 is 0 Å². The summed E-state index contributed by atoms with van der Waals surface area (Å²) in [5, 5.41) is 11.8. The lowest BCUT2D eigenvalue weighted by molar-refractivity contribution is -0.149. The Morgan fingerprint density at radius 1 is 1.25 bits per heavy atom. The Kier molecular flexibility index (Phi) is 7.31. The molecule has 0 saturated carbocycles. The first-order valence-electron chi connectivity index (χ1n) is 9.08. The van der Waals surface area contributed by atoms with E-state index in [4.69, 9.17) is 4.42 Å². The smallest absolute Gasteiger partial charge is 0.326 e. The summed E-state index contributed by atoms with van der Waals surface area (Å²) < 4.78 is 5.80. The fourth-order valence-electron chi connectivity index (χ4n) is 2.79. The van der Waals surface area contributed by atoms with Crippen LogP contribution in [0.15, 0.2) is 34.7 Å². The van der Waals surface area contributed by atoms with Gasteiger partial charge in [-0.1, -0.05) is 30.3 Å². The van der Waals surface area contributed by atoms with E-state index in [1.54, 1.807) is 0 Å². The highest BCUT2D eigenvalue weighted by molar-refractivity contribution is 5.83. The van der Waals surface area contributed by atoms with Crippen molar-refractivity contribution in [3.8, 4) is 11.3 Å². The standard InChI is InChI=1S/C20H25N3O5/c1-13-19(16-7-5-4-6-8-16)28-17(22-13)9-10-18(25)23(14(2)20(26)27)12-11-21-15(3)24/h4-8,14H,9-12H2,1-3H3,(H,21,24)(H,26,27). The Morgan fingerprint density at radius 3 is 2.54 bits per heavy atom. The number of carboxylic acid groups (broad SMARTS) is 1. The Morgan fingerprint density at radius 2 is 1.93 bits per heavy atom. The summed E-state index contributed by atoms with van der Waals surface area (Å²) in [5.41, 5.74) is 1.64. The number of oxazole rings is 1. The van der Waals surface area contributed by atoms with Crippen LogP contribution in [0.3, 0.4) is 0 Å². The molecule has 0 saturated heterocycles. The van der Waals surface area contributed by atoms with Crippen molar-refractivity contribution in [2.75, 3.05) is 13.1 Å². The van der Waals surface area contributed by atoms with Crippen molar-refractivity contribution >= 4 is 17.8 Å². The van der Waals surface area contributed by atoms with Crippen LogP contribution in [0.2, 0.25) is 0 Å². The predicted octanol–water partition coefficient (Wildman–Crippen LogP) is 2.02. The second-order valence-electron chi connectivity index (χ2n) is 6.47. The lowest BCUT2D eigenvalue weighted by atomic mass is 10.1. The third-order valence-electron chi connectivity index (χ3n) is 4.30. The van der Waals surface area contributed by atoms with Gasteiger partial charge in [-0.25, -0.2) is 9.78 Å². The number of carboxylic acids is 1. The first kappa shape index (κ1) is 21.1. The van der Waals surface area contributed by atoms with Crippen molar-refractivity contribution in [2.45, 2.75) is 39.7 Å². The molecule has 2 aromatic rings. The Bertz CT molecular complexity index is 832. The van der Waals surface area contributed by atoms with Crippen LogP contribution in [-0.4, -0.2) is 51.9 Å². The number of nitrogens with zero attached hydrogens (tertiary/aromatic N) is 2. The molecule has 0 aliphatic heterocycles. The molecular formula is C20H25N3O5. The molecular weight excluding hydrogens is 362 g/mol. The van der Waals surface area contributed by atoms with Gasteiger partial charge in [0.25, 0.3) is 0 Å². The summed E-state index contributed by atoms with van der Waals surface area (Å²) in [6.45, 7) is 4.95. The van der Waals surface area contributed by atoms with E-state index in [-0.39, 0.29) is 37.7 Å². The molecule has 28 heavy (non-hydrogen) atoms. The van der Waals surface area contributed by atoms with Crippen LogP contribution in [-0.2, 0) is 20.8 Å². The zero-order chi connectivity index (χ0) is 20.7. The van der Waals surface area contributed by atoms with Crippen LogP contribution in [0.1, 0.15) is 31.9 Å². The van der Waals surface area contributed by atoms with Crippen LogP contribution in [0.5, 0.6) is 0 Å². The number of carbonyl (C=O) groups is 3. The van der Waals surface area contributed by atoms with E-state index < -0.39 is 12.0 Å². The minimum Gasteiger partial charge on any atom is -0.480 e. The lowest BCUT2D eigenvalue weighted by Gasteiger charge is -2.26. The van der Waals surface area contributed by atoms with E-state index in [2.05, 4.69) is 10.3 Å². The first-order chi connectivity index (χ1) is 13.3. The summed E-state index contributed by atoms with van der Waals surface area (Å²) in [5.74, 6) is -0.593. The van der Waals surface area contributed by atoms with Gasteiger partial charge in [-0.15, -0.1) is 0 Å². The molecule has 1 heterocycles. The molecule has 150 valence electrons. The lowest BCUT2D eigenvalue weighted by Crippen LogP contribution is -2.46. The number of hydrogen-bond donors (Lipinski definition) is 2. The zero-order valence-corrected chi connectivity index (χ0v) is 16.3. The Hall–Kier alpha value is -3.16. The van der Waals surface area contributed by atoms with Crippen molar-refractivity contribution in [1.29, 1.82) is 0 Å². The summed E-state index contributed by atoms with van der Waals surface area (Å²) in [6, 6.07) is 8.56. The molecule has 8 nitrogen and oxygen atoms in total. The van der Waals surface area contributed by atoms with Gasteiger partial charge < -0.3 is 19.7 Å². The molecule has 1 aromatic carbocycles. The highest BCUT2D eigenvalue weighted by atomic mass is 16.4. The second-order valence-corrected chi connectivity index (χ2v) is 6.47. The minimum atomic E-state index is -1.10. The SMILES string of the molecule is CC(=O)NCCN(C(=O)CCc1nc(C)c(-c2ccccc2)o1)C(C)C(=O)O. The van der Waals surface area contributed by atoms with Crippen molar-refractivity contribution in [3.05, 3.63) is 41.9 Å². The Balaban J connectivity index is 2.03. The van der Waals surface area contributed by atoms with E-state index in [0.29, 0.717) is 11.7 Å². The molecule has 0 radical (unpaired) electrons. The van der Waals surface area contributed by atoms with E-state index in [0.717, 1.165) is 11.3 Å². The van der Waals surface area contributed by atoms with Crippen molar-refractivity contribution in [2.24, 2.45) is 0 Å². The number of aryl methyl sites for hydroxylation is 2. The van der Waals surface area contributed by atoms with Crippen LogP contribution in [0.4, 0.5) is 0 Å². The molecule has 1 atom stereocenters. The highest BCUT2D eigenvalue weighted by Gasteiger charge is 2.25. The van der Waals surface area contributed by atoms with Gasteiger partial charge in [0.1, 0.15) is 6.04 Å². The van der Waals surface area contributed by atoms with E-state index in [1.165, 1.54) is 18.7 Å². The maximum atomic E-state index is 12.6. The predicted molar refractivity (Wildman–Crippen MR) is 102 cm³/mol. The number of carbonyl (C=O) groups excluding carboxylic acids is 2. The van der Waals surface area contributed by atoms with Gasteiger partial charge in [0.05, 0.1) is 5.69 Å². The number of amides is 2. The van der Waals surface area contributed by atoms with Gasteiger partial charge in [-0.3, -0.25) is 9.59 Å². The third-order valence-corrected chi connectivity index (χ3v) is 4.30. The van der Waals surface area contributed by atoms with Crippen LogP contribution in [0.25, 0.3) is 11.3 Å². The van der Waals surface area contributed by atoms with Gasteiger partial charge >= 0.3 is 5.97 Å². The molecule has 1 unspecified atom stereocenters. The number of aliphatic carboxylic acids is 1. The molecule has 0 fully saturated rings. The summed E-state index contributed by atoms with van der Waals surface area (Å²) in [6.07, 6.45) is 0.321. The second kappa shape index (κ2) is 9.68. The maximum Gasteiger partial charge on any atom is 0.326 e. The fourth-order valence-corrected chi connectivity index (χ4v) is 2.79. The van der Waals surface area contributed by atoms with Gasteiger partial charge in [-0.2, -0.15) is 0 Å². The fraction of sp³-hybridized carbons (Fsp3) is 0.400. The molecule has 2 N–H and O–H groups in total. The van der Waals surface area contributed by atoms with Crippen LogP contribution < -0.4 is 5.32 Å². The maximum absolute atomic E-state index is 12.6. The van der Waals surface area contributed by atoms with Gasteiger partial charge in [-0.05, 0) is 13.8 Å². The molecule has 8 heteroatoms. The molecule has 0 spiro atoms. The largest absolute Gasteiger partial charge is 0.480 e. The molecule has 2 rings (SSSR count). The monoisotopic (exact) mass is 387 g/mol. The number of aromatic nitrogens is 1. The average Bonchev–Trinajstić information content (AvgIpc) is 3.04. The third kappa shape index (κ3) is 5.67. The Labute approximate surface area is 163 Å². The first-order valence-corrected chi connectivity index (χ1v) is 9.08. The highest BCUT2D eigenvalue weighted by Crippen LogP contribution is 2.24. The summed E-state index contributed by atoms with van der Waals surface area (Å²) in [4.78, 5) is 40.5. The quantitative estimate of drug-likeness (QED) is 0.681. The van der Waals surface area contributed by atoms with Crippen LogP contribution in [0, 0.1) is 6.92 Å². The van der Waals surface area contributed by atoms with Crippen molar-refractivity contribution in [3.63, 3.8) is 0 Å². The summed E-state index contributed by atoms with van der Waals surface area (Å²) in [7, 11) is 0. The summed E-state index contributed by atoms with van der Waals surface area (Å²) >= 11 is 0. The van der Waals surface area contributed by atoms with Crippen LogP contribution >= 0.6 is 0 Å². The van der Waals surface area contributed by atoms with Gasteiger partial charge in [0, 0.05) is 38.4 Å². The molecule has 1 aromatic heterocycles. The molecule has 2 amide bonds. The van der Waals surface area contributed by atoms with Gasteiger partial charge in [0.2, 0.25) is 11.8 Å². The normalized spacial score (nSPS) is 11.7. The molecule has 0 aliphatic carbocycles. The number of rotatable bonds is 9. The van der Waals surface area contributed by atoms with E-state index in [1.807, 2.05) is 37.3 Å². The van der Waals surface area contributed by atoms with Crippen molar-refractivity contribution in [1.82, 2.24) is 15.2 Å². The number of hydrogen-bond acceptors (Lipinski definition) is 5. The van der Waals surface area contributed by atoms with Gasteiger partial charge in [0.15, 0.2) is 11.7 Å². The number of benzene rings is 1. The molecule has 0 aliphatic rings. The zero-order valence-electron chi connectivity index (χ0n) is 16.3.